The first kappa shape index (κ1) is 15.6. The number of rotatable bonds is 6. The van der Waals surface area contributed by atoms with Gasteiger partial charge < -0.3 is 24.0 Å². The van der Waals surface area contributed by atoms with Crippen LogP contribution in [0.25, 0.3) is 11.0 Å². The van der Waals surface area contributed by atoms with Crippen molar-refractivity contribution in [2.45, 2.75) is 26.0 Å². The van der Waals surface area contributed by atoms with Gasteiger partial charge in [-0.25, -0.2) is 0 Å². The predicted octanol–water partition coefficient (Wildman–Crippen LogP) is 3.34. The third kappa shape index (κ3) is 3.41. The Kier molecular flexibility index (Phi) is 4.15. The van der Waals surface area contributed by atoms with Gasteiger partial charge in [0.1, 0.15) is 34.2 Å². The minimum atomic E-state index is -1.07. The van der Waals surface area contributed by atoms with Crippen LogP contribution in [0.4, 0.5) is 0 Å². The van der Waals surface area contributed by atoms with Crippen molar-refractivity contribution in [3.05, 3.63) is 53.7 Å². The Bertz CT molecular complexity index is 800. The van der Waals surface area contributed by atoms with E-state index in [-0.39, 0.29) is 0 Å². The molecule has 0 aliphatic heterocycles. The molecule has 2 N–H and O–H groups in total. The van der Waals surface area contributed by atoms with Crippen molar-refractivity contribution in [1.82, 2.24) is 5.32 Å². The molecule has 0 fully saturated rings. The second-order valence-electron chi connectivity index (χ2n) is 5.90. The topological polar surface area (TPSA) is 67.8 Å². The van der Waals surface area contributed by atoms with Gasteiger partial charge in [-0.3, -0.25) is 0 Å². The first-order valence-electron chi connectivity index (χ1n) is 7.54. The maximum Gasteiger partial charge on any atom is 0.136 e. The molecule has 0 aliphatic carbocycles. The van der Waals surface area contributed by atoms with Crippen LogP contribution in [-0.4, -0.2) is 18.8 Å². The molecule has 2 heterocycles. The van der Waals surface area contributed by atoms with Gasteiger partial charge in [0.15, 0.2) is 0 Å². The van der Waals surface area contributed by atoms with Crippen LogP contribution in [0.1, 0.15) is 24.2 Å². The summed E-state index contributed by atoms with van der Waals surface area (Å²) >= 11 is 0. The summed E-state index contributed by atoms with van der Waals surface area (Å²) in [6.45, 7) is 4.46. The fourth-order valence-corrected chi connectivity index (χ4v) is 2.53. The van der Waals surface area contributed by atoms with Crippen molar-refractivity contribution in [1.29, 1.82) is 0 Å². The Labute approximate surface area is 134 Å². The summed E-state index contributed by atoms with van der Waals surface area (Å²) in [5, 5.41) is 14.7. The molecular weight excluding hydrogens is 294 g/mol. The summed E-state index contributed by atoms with van der Waals surface area (Å²) < 4.78 is 16.5. The van der Waals surface area contributed by atoms with E-state index >= 15 is 0 Å². The number of hydrogen-bond donors (Lipinski definition) is 2. The quantitative estimate of drug-likeness (QED) is 0.730. The van der Waals surface area contributed by atoms with Crippen LogP contribution in [0, 0.1) is 6.92 Å². The van der Waals surface area contributed by atoms with E-state index in [4.69, 9.17) is 13.6 Å². The number of hydrogen-bond acceptors (Lipinski definition) is 5. The van der Waals surface area contributed by atoms with Gasteiger partial charge in [-0.2, -0.15) is 0 Å². The Balaban J connectivity index is 1.64. The molecule has 2 aromatic heterocycles. The Morgan fingerprint density at radius 2 is 2.00 bits per heavy atom. The molecule has 3 rings (SSSR count). The van der Waals surface area contributed by atoms with E-state index in [2.05, 4.69) is 5.32 Å². The van der Waals surface area contributed by atoms with Gasteiger partial charge in [0.25, 0.3) is 0 Å². The fourth-order valence-electron chi connectivity index (χ4n) is 2.53. The van der Waals surface area contributed by atoms with E-state index in [9.17, 15) is 5.11 Å². The summed E-state index contributed by atoms with van der Waals surface area (Å²) in [5.41, 5.74) is -0.250. The number of methoxy groups -OCH3 is 1. The first-order valence-corrected chi connectivity index (χ1v) is 7.54. The largest absolute Gasteiger partial charge is 0.497 e. The summed E-state index contributed by atoms with van der Waals surface area (Å²) in [6.07, 6.45) is 0. The number of aryl methyl sites for hydroxylation is 1. The van der Waals surface area contributed by atoms with Crippen LogP contribution in [0.2, 0.25) is 0 Å². The molecule has 0 aliphatic rings. The summed E-state index contributed by atoms with van der Waals surface area (Å²) in [7, 11) is 1.64. The molecular formula is C18H21NO4. The molecule has 0 amide bonds. The highest BCUT2D eigenvalue weighted by Crippen LogP contribution is 2.25. The highest BCUT2D eigenvalue weighted by atomic mass is 16.5. The van der Waals surface area contributed by atoms with Crippen LogP contribution >= 0.6 is 0 Å². The minimum absolute atomic E-state index is 0.361. The van der Waals surface area contributed by atoms with Gasteiger partial charge in [-0.05, 0) is 50.2 Å². The van der Waals surface area contributed by atoms with Crippen LogP contribution < -0.4 is 10.1 Å². The average Bonchev–Trinajstić information content (AvgIpc) is 3.12. The second kappa shape index (κ2) is 6.10. The lowest BCUT2D eigenvalue weighted by Gasteiger charge is -2.21. The molecule has 122 valence electrons. The zero-order chi connectivity index (χ0) is 16.4. The molecule has 5 nitrogen and oxygen atoms in total. The Hall–Kier alpha value is -2.24. The molecule has 1 aromatic carbocycles. The van der Waals surface area contributed by atoms with E-state index < -0.39 is 5.60 Å². The number of aliphatic hydroxyl groups is 1. The summed E-state index contributed by atoms with van der Waals surface area (Å²) in [6, 6.07) is 11.3. The molecule has 0 radical (unpaired) electrons. The van der Waals surface area contributed by atoms with Gasteiger partial charge >= 0.3 is 0 Å². The van der Waals surface area contributed by atoms with E-state index in [1.165, 1.54) is 0 Å². The predicted molar refractivity (Wildman–Crippen MR) is 87.5 cm³/mol. The highest BCUT2D eigenvalue weighted by molar-refractivity contribution is 5.79. The van der Waals surface area contributed by atoms with Crippen molar-refractivity contribution in [3.63, 3.8) is 0 Å². The van der Waals surface area contributed by atoms with E-state index in [0.717, 1.165) is 28.2 Å². The maximum atomic E-state index is 10.5. The molecule has 1 unspecified atom stereocenters. The standard InChI is InChI=1S/C18H21NO4/c1-12-4-7-17(22-12)18(2,20)11-19-10-15-9-13-8-14(21-3)5-6-16(13)23-15/h4-9,19-20H,10-11H2,1-3H3. The number of fused-ring (bicyclic) bond motifs is 1. The number of ether oxygens (including phenoxy) is 1. The Morgan fingerprint density at radius 3 is 2.70 bits per heavy atom. The number of furan rings is 2. The average molecular weight is 315 g/mol. The van der Waals surface area contributed by atoms with Crippen molar-refractivity contribution in [2.24, 2.45) is 0 Å². The van der Waals surface area contributed by atoms with Crippen molar-refractivity contribution >= 4 is 11.0 Å². The van der Waals surface area contributed by atoms with E-state index in [1.54, 1.807) is 20.1 Å². The number of benzene rings is 1. The SMILES string of the molecule is COc1ccc2oc(CNCC(C)(O)c3ccc(C)o3)cc2c1. The molecule has 3 aromatic rings. The van der Waals surface area contributed by atoms with Gasteiger partial charge in [-0.1, -0.05) is 0 Å². The normalized spacial score (nSPS) is 14.1. The number of nitrogens with one attached hydrogen (secondary N) is 1. The lowest BCUT2D eigenvalue weighted by molar-refractivity contribution is 0.0329. The monoisotopic (exact) mass is 315 g/mol. The molecule has 0 saturated carbocycles. The highest BCUT2D eigenvalue weighted by Gasteiger charge is 2.26. The molecule has 0 bridgehead atoms. The van der Waals surface area contributed by atoms with Crippen molar-refractivity contribution < 1.29 is 18.7 Å². The van der Waals surface area contributed by atoms with Gasteiger partial charge in [0, 0.05) is 11.9 Å². The third-order valence-electron chi connectivity index (χ3n) is 3.81. The van der Waals surface area contributed by atoms with Crippen LogP contribution in [0.15, 0.2) is 45.2 Å². The lowest BCUT2D eigenvalue weighted by atomic mass is 10.0. The van der Waals surface area contributed by atoms with Crippen LogP contribution in [-0.2, 0) is 12.1 Å². The summed E-state index contributed by atoms with van der Waals surface area (Å²) in [4.78, 5) is 0. The fraction of sp³-hybridized carbons (Fsp3) is 0.333. The first-order chi connectivity index (χ1) is 11.0. The minimum Gasteiger partial charge on any atom is -0.497 e. The van der Waals surface area contributed by atoms with Crippen molar-refractivity contribution in [2.75, 3.05) is 13.7 Å². The second-order valence-corrected chi connectivity index (χ2v) is 5.90. The van der Waals surface area contributed by atoms with Crippen LogP contribution in [0.5, 0.6) is 5.75 Å². The smallest absolute Gasteiger partial charge is 0.136 e. The molecule has 23 heavy (non-hydrogen) atoms. The molecule has 5 heteroatoms. The summed E-state index contributed by atoms with van der Waals surface area (Å²) in [5.74, 6) is 2.94. The van der Waals surface area contributed by atoms with Gasteiger partial charge in [-0.15, -0.1) is 0 Å². The Morgan fingerprint density at radius 1 is 1.17 bits per heavy atom. The maximum absolute atomic E-state index is 10.5. The van der Waals surface area contributed by atoms with Crippen LogP contribution in [0.3, 0.4) is 0 Å². The van der Waals surface area contributed by atoms with Gasteiger partial charge in [0.05, 0.1) is 13.7 Å². The van der Waals surface area contributed by atoms with E-state index in [1.807, 2.05) is 37.3 Å². The molecule has 0 saturated heterocycles. The van der Waals surface area contributed by atoms with Gasteiger partial charge in [0.2, 0.25) is 0 Å². The third-order valence-corrected chi connectivity index (χ3v) is 3.81. The van der Waals surface area contributed by atoms with Crippen molar-refractivity contribution in [3.8, 4) is 5.75 Å². The lowest BCUT2D eigenvalue weighted by Crippen LogP contribution is -2.34. The zero-order valence-corrected chi connectivity index (χ0v) is 13.6. The zero-order valence-electron chi connectivity index (χ0n) is 13.6. The molecule has 0 spiro atoms. The van der Waals surface area contributed by atoms with E-state index in [0.29, 0.717) is 18.8 Å². The molecule has 1 atom stereocenters.